The number of hydrogen-bond donors (Lipinski definition) is 1. The summed E-state index contributed by atoms with van der Waals surface area (Å²) in [5, 5.41) is 2.85. The monoisotopic (exact) mass is 256 g/mol. The Kier molecular flexibility index (Phi) is 2.79. The van der Waals surface area contributed by atoms with Crippen molar-refractivity contribution in [1.29, 1.82) is 0 Å². The molecule has 0 aliphatic carbocycles. The fourth-order valence-corrected chi connectivity index (χ4v) is 1.57. The van der Waals surface area contributed by atoms with E-state index in [-0.39, 0.29) is 11.9 Å². The fraction of sp³-hybridized carbons (Fsp3) is 0.333. The number of nitrogens with one attached hydrogen (secondary N) is 1. The van der Waals surface area contributed by atoms with Crippen molar-refractivity contribution in [3.05, 3.63) is 28.5 Å². The van der Waals surface area contributed by atoms with Crippen LogP contribution in [0.15, 0.2) is 22.9 Å². The first-order valence-corrected chi connectivity index (χ1v) is 5.05. The highest BCUT2D eigenvalue weighted by Crippen LogP contribution is 2.14. The molecule has 2 heterocycles. The van der Waals surface area contributed by atoms with Crippen LogP contribution < -0.4 is 5.32 Å². The van der Waals surface area contributed by atoms with Gasteiger partial charge in [-0.3, -0.25) is 9.78 Å². The molecule has 0 unspecified atom stereocenters. The number of carbonyl (C=O) groups is 1. The molecule has 0 spiro atoms. The number of pyridine rings is 1. The summed E-state index contributed by atoms with van der Waals surface area (Å²) in [5.41, 5.74) is 0.604. The molecule has 1 N–H and O–H groups in total. The van der Waals surface area contributed by atoms with Crippen molar-refractivity contribution < 1.29 is 9.53 Å². The van der Waals surface area contributed by atoms with Gasteiger partial charge in [-0.1, -0.05) is 0 Å². The van der Waals surface area contributed by atoms with Crippen LogP contribution in [0.5, 0.6) is 0 Å². The molecule has 1 aromatic rings. The molecule has 1 fully saturated rings. The Morgan fingerprint density at radius 2 is 2.43 bits per heavy atom. The van der Waals surface area contributed by atoms with Gasteiger partial charge in [0.15, 0.2) is 0 Å². The number of hydrogen-bond acceptors (Lipinski definition) is 3. The molecule has 4 nitrogen and oxygen atoms in total. The van der Waals surface area contributed by atoms with Crippen molar-refractivity contribution in [3.63, 3.8) is 0 Å². The van der Waals surface area contributed by atoms with Gasteiger partial charge in [-0.05, 0) is 22.0 Å². The molecule has 14 heavy (non-hydrogen) atoms. The molecule has 1 aliphatic rings. The highest BCUT2D eigenvalue weighted by molar-refractivity contribution is 9.10. The van der Waals surface area contributed by atoms with E-state index in [4.69, 9.17) is 4.74 Å². The van der Waals surface area contributed by atoms with Gasteiger partial charge in [-0.2, -0.15) is 0 Å². The minimum Gasteiger partial charge on any atom is -0.377 e. The highest BCUT2D eigenvalue weighted by atomic mass is 79.9. The zero-order chi connectivity index (χ0) is 9.97. The maximum atomic E-state index is 11.6. The molecular weight excluding hydrogens is 248 g/mol. The third kappa shape index (κ3) is 1.93. The van der Waals surface area contributed by atoms with Crippen molar-refractivity contribution in [2.45, 2.75) is 6.04 Å². The number of aromatic nitrogens is 1. The van der Waals surface area contributed by atoms with Crippen molar-refractivity contribution in [2.24, 2.45) is 0 Å². The van der Waals surface area contributed by atoms with Gasteiger partial charge in [-0.15, -0.1) is 0 Å². The second-order valence-electron chi connectivity index (χ2n) is 3.06. The Morgan fingerprint density at radius 3 is 3.00 bits per heavy atom. The zero-order valence-electron chi connectivity index (χ0n) is 7.37. The summed E-state index contributed by atoms with van der Waals surface area (Å²) in [6.07, 6.45) is 3.20. The predicted molar refractivity (Wildman–Crippen MR) is 54.0 cm³/mol. The van der Waals surface area contributed by atoms with Crippen LogP contribution in [0.3, 0.4) is 0 Å². The molecule has 2 rings (SSSR count). The first-order chi connectivity index (χ1) is 6.77. The number of carbonyl (C=O) groups excluding carboxylic acids is 1. The van der Waals surface area contributed by atoms with Crippen molar-refractivity contribution in [2.75, 3.05) is 13.2 Å². The van der Waals surface area contributed by atoms with Crippen LogP contribution in [0.25, 0.3) is 0 Å². The molecular formula is C9H9BrN2O2. The number of ether oxygens (including phenoxy) is 1. The van der Waals surface area contributed by atoms with E-state index in [0.717, 1.165) is 0 Å². The highest BCUT2D eigenvalue weighted by Gasteiger charge is 2.21. The third-order valence-electron chi connectivity index (χ3n) is 1.99. The average molecular weight is 257 g/mol. The molecule has 1 amide bonds. The molecule has 1 saturated heterocycles. The standard InChI is InChI=1S/C9H9BrN2O2/c10-8-3-11-2-1-7(8)9(13)12-6-4-14-5-6/h1-3,6H,4-5H2,(H,12,13). The number of amides is 1. The van der Waals surface area contributed by atoms with E-state index >= 15 is 0 Å². The molecule has 1 aliphatic heterocycles. The fourth-order valence-electron chi connectivity index (χ4n) is 1.14. The summed E-state index contributed by atoms with van der Waals surface area (Å²) < 4.78 is 5.67. The molecule has 1 aromatic heterocycles. The van der Waals surface area contributed by atoms with E-state index < -0.39 is 0 Å². The molecule has 0 bridgehead atoms. The summed E-state index contributed by atoms with van der Waals surface area (Å²) in [7, 11) is 0. The van der Waals surface area contributed by atoms with Gasteiger partial charge in [0.05, 0.1) is 24.8 Å². The topological polar surface area (TPSA) is 51.2 Å². The zero-order valence-corrected chi connectivity index (χ0v) is 8.95. The van der Waals surface area contributed by atoms with Crippen molar-refractivity contribution >= 4 is 21.8 Å². The second kappa shape index (κ2) is 4.06. The van der Waals surface area contributed by atoms with Crippen LogP contribution in [0, 0.1) is 0 Å². The molecule has 5 heteroatoms. The van der Waals surface area contributed by atoms with E-state index in [2.05, 4.69) is 26.2 Å². The third-order valence-corrected chi connectivity index (χ3v) is 2.62. The lowest BCUT2D eigenvalue weighted by Gasteiger charge is -2.26. The predicted octanol–water partition coefficient (Wildman–Crippen LogP) is 0.973. The van der Waals surface area contributed by atoms with Gasteiger partial charge in [0.25, 0.3) is 5.91 Å². The Labute approximate surface area is 89.8 Å². The summed E-state index contributed by atoms with van der Waals surface area (Å²) >= 11 is 3.27. The van der Waals surface area contributed by atoms with Gasteiger partial charge in [0, 0.05) is 16.9 Å². The number of rotatable bonds is 2. The maximum Gasteiger partial charge on any atom is 0.252 e. The Balaban J connectivity index is 2.06. The number of nitrogens with zero attached hydrogens (tertiary/aromatic N) is 1. The summed E-state index contributed by atoms with van der Waals surface area (Å²) in [6, 6.07) is 1.83. The van der Waals surface area contributed by atoms with Crippen molar-refractivity contribution in [3.8, 4) is 0 Å². The Bertz CT molecular complexity index is 352. The van der Waals surface area contributed by atoms with Crippen LogP contribution in [0.2, 0.25) is 0 Å². The molecule has 0 radical (unpaired) electrons. The average Bonchev–Trinajstić information content (AvgIpc) is 2.12. The maximum absolute atomic E-state index is 11.6. The van der Waals surface area contributed by atoms with Crippen LogP contribution >= 0.6 is 15.9 Å². The quantitative estimate of drug-likeness (QED) is 0.858. The van der Waals surface area contributed by atoms with Gasteiger partial charge in [-0.25, -0.2) is 0 Å². The minimum atomic E-state index is -0.0902. The Hall–Kier alpha value is -0.940. The van der Waals surface area contributed by atoms with Gasteiger partial charge in [0.2, 0.25) is 0 Å². The van der Waals surface area contributed by atoms with Crippen LogP contribution in [-0.2, 0) is 4.74 Å². The van der Waals surface area contributed by atoms with Crippen LogP contribution in [0.1, 0.15) is 10.4 Å². The van der Waals surface area contributed by atoms with Gasteiger partial charge < -0.3 is 10.1 Å². The lowest BCUT2D eigenvalue weighted by molar-refractivity contribution is -0.00347. The first kappa shape index (κ1) is 9.61. The summed E-state index contributed by atoms with van der Waals surface area (Å²) in [4.78, 5) is 15.5. The lowest BCUT2D eigenvalue weighted by Crippen LogP contribution is -2.48. The van der Waals surface area contributed by atoms with E-state index in [9.17, 15) is 4.79 Å². The van der Waals surface area contributed by atoms with E-state index in [0.29, 0.717) is 23.2 Å². The molecule has 0 atom stereocenters. The molecule has 0 aromatic carbocycles. The minimum absolute atomic E-state index is 0.0902. The van der Waals surface area contributed by atoms with E-state index in [1.165, 1.54) is 0 Å². The van der Waals surface area contributed by atoms with E-state index in [1.54, 1.807) is 18.5 Å². The largest absolute Gasteiger partial charge is 0.377 e. The SMILES string of the molecule is O=C(NC1COC1)c1ccncc1Br. The Morgan fingerprint density at radius 1 is 1.64 bits per heavy atom. The number of halogens is 1. The van der Waals surface area contributed by atoms with E-state index in [1.807, 2.05) is 0 Å². The van der Waals surface area contributed by atoms with Crippen LogP contribution in [-0.4, -0.2) is 30.1 Å². The van der Waals surface area contributed by atoms with Gasteiger partial charge in [0.1, 0.15) is 0 Å². The molecule has 74 valence electrons. The normalized spacial score (nSPS) is 16.1. The lowest BCUT2D eigenvalue weighted by atomic mass is 10.2. The molecule has 0 saturated carbocycles. The summed E-state index contributed by atoms with van der Waals surface area (Å²) in [5.74, 6) is -0.0902. The van der Waals surface area contributed by atoms with Crippen molar-refractivity contribution in [1.82, 2.24) is 10.3 Å². The summed E-state index contributed by atoms with van der Waals surface area (Å²) in [6.45, 7) is 1.21. The van der Waals surface area contributed by atoms with Crippen LogP contribution in [0.4, 0.5) is 0 Å². The first-order valence-electron chi connectivity index (χ1n) is 4.25. The second-order valence-corrected chi connectivity index (χ2v) is 3.92. The smallest absolute Gasteiger partial charge is 0.252 e. The van der Waals surface area contributed by atoms with Gasteiger partial charge >= 0.3 is 0 Å².